The molecule has 0 aromatic heterocycles. The molecule has 0 amide bonds. The van der Waals surface area contributed by atoms with Crippen molar-refractivity contribution in [1.82, 2.24) is 0 Å². The number of phenols is 1. The summed E-state index contributed by atoms with van der Waals surface area (Å²) in [7, 11) is 0. The number of carboxylic acids is 1. The minimum absolute atomic E-state index is 0.160. The van der Waals surface area contributed by atoms with E-state index in [0.717, 1.165) is 5.56 Å². The summed E-state index contributed by atoms with van der Waals surface area (Å²) in [6.07, 6.45) is 0.273. The molecule has 4 N–H and O–H groups in total. The van der Waals surface area contributed by atoms with Crippen molar-refractivity contribution in [2.24, 2.45) is 5.73 Å². The Bertz CT molecular complexity index is 294. The molecule has 70 valence electrons. The van der Waals surface area contributed by atoms with Crippen LogP contribution in [0.3, 0.4) is 0 Å². The zero-order valence-corrected chi connectivity index (χ0v) is 6.97. The minimum Gasteiger partial charge on any atom is -0.508 e. The largest absolute Gasteiger partial charge is 0.508 e. The zero-order valence-electron chi connectivity index (χ0n) is 6.97. The van der Waals surface area contributed by atoms with Crippen LogP contribution in [-0.2, 0) is 11.2 Å². The molecule has 0 aliphatic rings. The number of hydrogen-bond donors (Lipinski definition) is 3. The maximum absolute atomic E-state index is 10.4. The molecular weight excluding hydrogens is 169 g/mol. The lowest BCUT2D eigenvalue weighted by molar-refractivity contribution is -0.138. The van der Waals surface area contributed by atoms with Gasteiger partial charge in [-0.05, 0) is 24.1 Å². The van der Waals surface area contributed by atoms with Gasteiger partial charge >= 0.3 is 5.97 Å². The van der Waals surface area contributed by atoms with E-state index >= 15 is 0 Å². The molecule has 1 atom stereocenters. The maximum Gasteiger partial charge on any atom is 0.320 e. The lowest BCUT2D eigenvalue weighted by Gasteiger charge is -2.05. The van der Waals surface area contributed by atoms with Crippen molar-refractivity contribution in [3.05, 3.63) is 29.8 Å². The molecule has 0 bridgehead atoms. The number of phenolic OH excluding ortho intramolecular Hbond substituents is 1. The molecule has 4 heteroatoms. The summed E-state index contributed by atoms with van der Waals surface area (Å²) in [4.78, 5) is 10.4. The van der Waals surface area contributed by atoms with Crippen LogP contribution in [0.4, 0.5) is 0 Å². The van der Waals surface area contributed by atoms with Gasteiger partial charge in [-0.1, -0.05) is 12.1 Å². The van der Waals surface area contributed by atoms with Crippen molar-refractivity contribution < 1.29 is 15.0 Å². The van der Waals surface area contributed by atoms with Crippen LogP contribution in [-0.4, -0.2) is 22.2 Å². The van der Waals surface area contributed by atoms with Crippen LogP contribution >= 0.6 is 0 Å². The average Bonchev–Trinajstić information content (AvgIpc) is 2.08. The fraction of sp³-hybridized carbons (Fsp3) is 0.222. The fourth-order valence-corrected chi connectivity index (χ4v) is 0.973. The first kappa shape index (κ1) is 9.54. The summed E-state index contributed by atoms with van der Waals surface area (Å²) in [6, 6.07) is 5.42. The van der Waals surface area contributed by atoms with Gasteiger partial charge in [0.15, 0.2) is 0 Å². The zero-order chi connectivity index (χ0) is 9.84. The first-order valence-electron chi connectivity index (χ1n) is 3.86. The molecule has 0 aliphatic heterocycles. The first-order chi connectivity index (χ1) is 6.09. The molecule has 1 aromatic carbocycles. The van der Waals surface area contributed by atoms with Gasteiger partial charge in [0.1, 0.15) is 11.8 Å². The van der Waals surface area contributed by atoms with Crippen LogP contribution in [0, 0.1) is 0 Å². The Hall–Kier alpha value is -1.55. The quantitative estimate of drug-likeness (QED) is 0.626. The summed E-state index contributed by atoms with van der Waals surface area (Å²) in [5.74, 6) is -0.860. The van der Waals surface area contributed by atoms with Gasteiger partial charge in [-0.3, -0.25) is 4.79 Å². The molecule has 0 fully saturated rings. The number of carboxylic acid groups (broad SMARTS) is 1. The van der Waals surface area contributed by atoms with E-state index in [-0.39, 0.29) is 12.2 Å². The number of benzene rings is 1. The third-order valence-electron chi connectivity index (χ3n) is 1.71. The second-order valence-electron chi connectivity index (χ2n) is 2.82. The smallest absolute Gasteiger partial charge is 0.320 e. The Kier molecular flexibility index (Phi) is 2.87. The normalized spacial score (nSPS) is 12.4. The monoisotopic (exact) mass is 180 g/mol. The summed E-state index contributed by atoms with van der Waals surface area (Å²) < 4.78 is 0. The van der Waals surface area contributed by atoms with E-state index in [2.05, 4.69) is 0 Å². The molecule has 4 nitrogen and oxygen atoms in total. The van der Waals surface area contributed by atoms with Crippen LogP contribution in [0.1, 0.15) is 5.56 Å². The number of hydrogen-bond acceptors (Lipinski definition) is 3. The van der Waals surface area contributed by atoms with E-state index < -0.39 is 12.0 Å². The second kappa shape index (κ2) is 3.91. The van der Waals surface area contributed by atoms with E-state index in [1.54, 1.807) is 12.1 Å². The first-order valence-corrected chi connectivity index (χ1v) is 3.86. The predicted molar refractivity (Wildman–Crippen MR) is 47.4 cm³/mol. The standard InChI is InChI=1S/C9H11NO3/c10-8(9(12)13)5-6-1-3-7(11)4-2-6/h1-4,8,11H,5,10H2,(H,12,13)/i9-1. The molecule has 1 unspecified atom stereocenters. The lowest BCUT2D eigenvalue weighted by atomic mass is 9.89. The van der Waals surface area contributed by atoms with Gasteiger partial charge in [0.2, 0.25) is 0 Å². The highest BCUT2D eigenvalue weighted by atomic mass is 16.3. The van der Waals surface area contributed by atoms with Crippen LogP contribution in [0.2, 0.25) is 0 Å². The SMILES string of the molecule is NC(Cc1ccc(O)cc1)[11C](=O)O. The van der Waals surface area contributed by atoms with Crippen molar-refractivity contribution in [2.45, 2.75) is 12.5 Å². The van der Waals surface area contributed by atoms with Gasteiger partial charge < -0.3 is 15.9 Å². The van der Waals surface area contributed by atoms with Gasteiger partial charge in [0.25, 0.3) is 0 Å². The molecular formula is C9H11NO3. The molecule has 1 aromatic rings. The molecule has 0 aliphatic carbocycles. The maximum atomic E-state index is 10.4. The van der Waals surface area contributed by atoms with Gasteiger partial charge in [0, 0.05) is 0 Å². The lowest BCUT2D eigenvalue weighted by Crippen LogP contribution is -2.32. The summed E-state index contributed by atoms with van der Waals surface area (Å²) in [5, 5.41) is 17.5. The molecule has 0 spiro atoms. The Morgan fingerprint density at radius 3 is 2.38 bits per heavy atom. The van der Waals surface area contributed by atoms with Crippen molar-refractivity contribution in [3.63, 3.8) is 0 Å². The summed E-state index contributed by atoms with van der Waals surface area (Å²) >= 11 is 0. The van der Waals surface area contributed by atoms with Crippen molar-refractivity contribution in [2.75, 3.05) is 0 Å². The minimum atomic E-state index is -1.02. The summed E-state index contributed by atoms with van der Waals surface area (Å²) in [6.45, 7) is 0. The van der Waals surface area contributed by atoms with Crippen molar-refractivity contribution in [3.8, 4) is 5.75 Å². The topological polar surface area (TPSA) is 83.5 Å². The van der Waals surface area contributed by atoms with Crippen LogP contribution < -0.4 is 5.73 Å². The predicted octanol–water partition coefficient (Wildman–Crippen LogP) is 0.347. The molecule has 13 heavy (non-hydrogen) atoms. The van der Waals surface area contributed by atoms with Gasteiger partial charge in [-0.25, -0.2) is 0 Å². The molecule has 0 radical (unpaired) electrons. The Balaban J connectivity index is 2.64. The highest BCUT2D eigenvalue weighted by molar-refractivity contribution is 5.73. The Morgan fingerprint density at radius 1 is 1.38 bits per heavy atom. The number of carbonyl (C=O) groups is 1. The van der Waals surface area contributed by atoms with E-state index in [1.807, 2.05) is 0 Å². The van der Waals surface area contributed by atoms with Crippen LogP contribution in [0.25, 0.3) is 0 Å². The van der Waals surface area contributed by atoms with E-state index in [1.165, 1.54) is 12.1 Å². The number of rotatable bonds is 3. The number of aromatic hydroxyl groups is 1. The number of aliphatic carboxylic acids is 1. The van der Waals surface area contributed by atoms with Crippen molar-refractivity contribution >= 4 is 5.97 Å². The summed E-state index contributed by atoms with van der Waals surface area (Å²) in [5.41, 5.74) is 6.12. The highest BCUT2D eigenvalue weighted by Crippen LogP contribution is 2.10. The van der Waals surface area contributed by atoms with E-state index in [0.29, 0.717) is 0 Å². The highest BCUT2D eigenvalue weighted by Gasteiger charge is 2.11. The molecule has 1 rings (SSSR count). The average molecular weight is 180 g/mol. The molecule has 0 saturated carbocycles. The second-order valence-corrected chi connectivity index (χ2v) is 2.82. The number of nitrogens with two attached hydrogens (primary N) is 1. The third-order valence-corrected chi connectivity index (χ3v) is 1.71. The third kappa shape index (κ3) is 2.76. The molecule has 0 heterocycles. The van der Waals surface area contributed by atoms with E-state index in [4.69, 9.17) is 15.9 Å². The van der Waals surface area contributed by atoms with Crippen LogP contribution in [0.5, 0.6) is 5.75 Å². The van der Waals surface area contributed by atoms with E-state index in [9.17, 15) is 4.79 Å². The molecule has 0 saturated heterocycles. The van der Waals surface area contributed by atoms with Gasteiger partial charge in [0.05, 0.1) is 0 Å². The Labute approximate surface area is 75.6 Å². The Morgan fingerprint density at radius 2 is 1.92 bits per heavy atom. The van der Waals surface area contributed by atoms with Gasteiger partial charge in [-0.15, -0.1) is 0 Å². The fourth-order valence-electron chi connectivity index (χ4n) is 0.973. The van der Waals surface area contributed by atoms with Crippen molar-refractivity contribution in [1.29, 1.82) is 0 Å². The van der Waals surface area contributed by atoms with Crippen LogP contribution in [0.15, 0.2) is 24.3 Å². The van der Waals surface area contributed by atoms with Gasteiger partial charge in [-0.2, -0.15) is 0 Å².